The summed E-state index contributed by atoms with van der Waals surface area (Å²) in [6.45, 7) is 5.79. The molecule has 0 radical (unpaired) electrons. The Hall–Kier alpha value is -1.22. The zero-order chi connectivity index (χ0) is 17.3. The van der Waals surface area contributed by atoms with Gasteiger partial charge in [0.2, 0.25) is 0 Å². The molecule has 1 aromatic carbocycles. The van der Waals surface area contributed by atoms with Gasteiger partial charge in [-0.3, -0.25) is 0 Å². The average Bonchev–Trinajstić information content (AvgIpc) is 3.04. The Labute approximate surface area is 166 Å². The molecule has 2 fully saturated rings. The predicted octanol–water partition coefficient (Wildman–Crippen LogP) is 2.54. The first-order valence-corrected chi connectivity index (χ1v) is 8.36. The Bertz CT molecular complexity index is 636. The molecule has 3 atom stereocenters. The highest BCUT2D eigenvalue weighted by molar-refractivity contribution is 14.0. The van der Waals surface area contributed by atoms with E-state index in [1.807, 2.05) is 18.2 Å². The van der Waals surface area contributed by atoms with Gasteiger partial charge in [0.05, 0.1) is 26.9 Å². The molecule has 3 N–H and O–H groups in total. The second-order valence-corrected chi connectivity index (χ2v) is 7.08. The van der Waals surface area contributed by atoms with Gasteiger partial charge in [0.15, 0.2) is 17.5 Å². The number of halogens is 1. The number of nitrogens with one attached hydrogen (secondary N) is 1. The minimum atomic E-state index is 0. The van der Waals surface area contributed by atoms with Crippen LogP contribution in [0.15, 0.2) is 23.2 Å². The molecule has 3 rings (SSSR count). The van der Waals surface area contributed by atoms with Gasteiger partial charge in [-0.05, 0) is 24.1 Å². The van der Waals surface area contributed by atoms with Crippen molar-refractivity contribution in [2.75, 3.05) is 20.8 Å². The fraction of sp³-hybridized carbons (Fsp3) is 0.611. The minimum Gasteiger partial charge on any atom is -0.493 e. The molecule has 0 bridgehead atoms. The minimum absolute atomic E-state index is 0. The van der Waals surface area contributed by atoms with Crippen molar-refractivity contribution in [3.05, 3.63) is 23.8 Å². The summed E-state index contributed by atoms with van der Waals surface area (Å²) < 4.78 is 16.4. The SMILES string of the molecule is COc1ccc(CN=C(N)NC2C3CCOC3C2(C)C)cc1OC.I. The molecule has 1 saturated carbocycles. The lowest BCUT2D eigenvalue weighted by molar-refractivity contribution is -0.106. The number of benzene rings is 1. The van der Waals surface area contributed by atoms with Gasteiger partial charge in [0, 0.05) is 24.0 Å². The van der Waals surface area contributed by atoms with Crippen molar-refractivity contribution >= 4 is 29.9 Å². The first kappa shape index (κ1) is 20.1. The number of aliphatic imine (C=N–C) groups is 1. The van der Waals surface area contributed by atoms with Gasteiger partial charge < -0.3 is 25.3 Å². The standard InChI is InChI=1S/C18H27N3O3.HI/c1-18(2)15(12-7-8-24-16(12)18)21-17(19)20-10-11-5-6-13(22-3)14(9-11)23-4;/h5-6,9,12,15-16H,7-8,10H2,1-4H3,(H3,19,20,21);1H. The Kier molecular flexibility index (Phi) is 6.42. The van der Waals surface area contributed by atoms with Crippen LogP contribution in [-0.4, -0.2) is 38.9 Å². The molecular weight excluding hydrogens is 433 g/mol. The molecule has 0 aromatic heterocycles. The first-order chi connectivity index (χ1) is 11.5. The zero-order valence-electron chi connectivity index (χ0n) is 15.2. The number of nitrogens with zero attached hydrogens (tertiary/aromatic N) is 1. The summed E-state index contributed by atoms with van der Waals surface area (Å²) in [6.07, 6.45) is 1.43. The Morgan fingerprint density at radius 3 is 2.72 bits per heavy atom. The van der Waals surface area contributed by atoms with Crippen LogP contribution in [0.4, 0.5) is 0 Å². The topological polar surface area (TPSA) is 78.1 Å². The van der Waals surface area contributed by atoms with E-state index >= 15 is 0 Å². The van der Waals surface area contributed by atoms with E-state index in [0.29, 0.717) is 42.1 Å². The third kappa shape index (κ3) is 3.81. The summed E-state index contributed by atoms with van der Waals surface area (Å²) in [5, 5.41) is 3.39. The maximum atomic E-state index is 6.10. The van der Waals surface area contributed by atoms with E-state index in [4.69, 9.17) is 19.9 Å². The molecule has 1 heterocycles. The quantitative estimate of drug-likeness (QED) is 0.401. The molecule has 3 unspecified atom stereocenters. The lowest BCUT2D eigenvalue weighted by atomic mass is 9.57. The second kappa shape index (κ2) is 7.99. The lowest BCUT2D eigenvalue weighted by Gasteiger charge is -2.54. The fourth-order valence-corrected chi connectivity index (χ4v) is 3.98. The van der Waals surface area contributed by atoms with Gasteiger partial charge in [-0.2, -0.15) is 0 Å². The number of ether oxygens (including phenoxy) is 3. The van der Waals surface area contributed by atoms with E-state index in [1.54, 1.807) is 14.2 Å². The number of guanidine groups is 1. The summed E-state index contributed by atoms with van der Waals surface area (Å²) in [5.41, 5.74) is 7.21. The Morgan fingerprint density at radius 1 is 1.32 bits per heavy atom. The van der Waals surface area contributed by atoms with E-state index in [-0.39, 0.29) is 29.4 Å². The normalized spacial score (nSPS) is 26.9. The second-order valence-electron chi connectivity index (χ2n) is 7.08. The number of methoxy groups -OCH3 is 2. The molecular formula is C18H28IN3O3. The van der Waals surface area contributed by atoms with Crippen LogP contribution in [0.3, 0.4) is 0 Å². The molecule has 0 spiro atoms. The molecule has 1 saturated heterocycles. The highest BCUT2D eigenvalue weighted by Gasteiger charge is 2.59. The highest BCUT2D eigenvalue weighted by atomic mass is 127. The number of rotatable bonds is 5. The van der Waals surface area contributed by atoms with Gasteiger partial charge in [0.1, 0.15) is 0 Å². The van der Waals surface area contributed by atoms with Crippen LogP contribution in [0.5, 0.6) is 11.5 Å². The largest absolute Gasteiger partial charge is 0.493 e. The number of hydrogen-bond acceptors (Lipinski definition) is 4. The van der Waals surface area contributed by atoms with E-state index in [2.05, 4.69) is 24.2 Å². The van der Waals surface area contributed by atoms with Crippen LogP contribution in [0, 0.1) is 11.3 Å². The Morgan fingerprint density at radius 2 is 2.04 bits per heavy atom. The summed E-state index contributed by atoms with van der Waals surface area (Å²) in [5.74, 6) is 2.42. The van der Waals surface area contributed by atoms with Crippen LogP contribution in [-0.2, 0) is 11.3 Å². The molecule has 140 valence electrons. The van der Waals surface area contributed by atoms with Gasteiger partial charge in [-0.15, -0.1) is 24.0 Å². The maximum Gasteiger partial charge on any atom is 0.189 e. The van der Waals surface area contributed by atoms with Crippen molar-refractivity contribution in [3.8, 4) is 11.5 Å². The number of nitrogens with two attached hydrogens (primary N) is 1. The van der Waals surface area contributed by atoms with Crippen LogP contribution < -0.4 is 20.5 Å². The predicted molar refractivity (Wildman–Crippen MR) is 109 cm³/mol. The van der Waals surface area contributed by atoms with Crippen molar-refractivity contribution in [3.63, 3.8) is 0 Å². The van der Waals surface area contributed by atoms with E-state index in [9.17, 15) is 0 Å². The highest BCUT2D eigenvalue weighted by Crippen LogP contribution is 2.51. The van der Waals surface area contributed by atoms with Crippen LogP contribution in [0.25, 0.3) is 0 Å². The van der Waals surface area contributed by atoms with Crippen LogP contribution in [0.1, 0.15) is 25.8 Å². The number of hydrogen-bond donors (Lipinski definition) is 2. The average molecular weight is 461 g/mol. The first-order valence-electron chi connectivity index (χ1n) is 8.36. The molecule has 6 nitrogen and oxygen atoms in total. The molecule has 0 amide bonds. The molecule has 1 aliphatic carbocycles. The summed E-state index contributed by atoms with van der Waals surface area (Å²) in [7, 11) is 3.25. The molecule has 25 heavy (non-hydrogen) atoms. The third-order valence-corrected chi connectivity index (χ3v) is 5.28. The van der Waals surface area contributed by atoms with E-state index in [1.165, 1.54) is 0 Å². The van der Waals surface area contributed by atoms with Crippen molar-refractivity contribution < 1.29 is 14.2 Å². The van der Waals surface area contributed by atoms with Crippen LogP contribution >= 0.6 is 24.0 Å². The van der Waals surface area contributed by atoms with E-state index in [0.717, 1.165) is 18.6 Å². The van der Waals surface area contributed by atoms with Crippen molar-refractivity contribution in [2.45, 2.75) is 39.0 Å². The van der Waals surface area contributed by atoms with Gasteiger partial charge in [-0.25, -0.2) is 4.99 Å². The zero-order valence-corrected chi connectivity index (χ0v) is 17.6. The lowest BCUT2D eigenvalue weighted by Crippen LogP contribution is -2.67. The third-order valence-electron chi connectivity index (χ3n) is 5.28. The van der Waals surface area contributed by atoms with Crippen molar-refractivity contribution in [1.29, 1.82) is 0 Å². The summed E-state index contributed by atoms with van der Waals surface area (Å²) >= 11 is 0. The summed E-state index contributed by atoms with van der Waals surface area (Å²) in [4.78, 5) is 4.47. The molecule has 2 aliphatic rings. The van der Waals surface area contributed by atoms with Crippen molar-refractivity contribution in [1.82, 2.24) is 5.32 Å². The summed E-state index contributed by atoms with van der Waals surface area (Å²) in [6, 6.07) is 6.08. The molecule has 7 heteroatoms. The molecule has 1 aromatic rings. The van der Waals surface area contributed by atoms with Gasteiger partial charge >= 0.3 is 0 Å². The number of fused-ring (bicyclic) bond motifs is 1. The smallest absolute Gasteiger partial charge is 0.189 e. The van der Waals surface area contributed by atoms with Gasteiger partial charge in [-0.1, -0.05) is 19.9 Å². The van der Waals surface area contributed by atoms with Crippen molar-refractivity contribution in [2.24, 2.45) is 22.1 Å². The fourth-order valence-electron chi connectivity index (χ4n) is 3.98. The monoisotopic (exact) mass is 461 g/mol. The Balaban J connectivity index is 0.00000225. The maximum absolute atomic E-state index is 6.10. The molecule has 1 aliphatic heterocycles. The van der Waals surface area contributed by atoms with Gasteiger partial charge in [0.25, 0.3) is 0 Å². The van der Waals surface area contributed by atoms with Crippen LogP contribution in [0.2, 0.25) is 0 Å². The van der Waals surface area contributed by atoms with E-state index < -0.39 is 0 Å².